The number of carbonyl (C=O) groups excluding carboxylic acids is 1. The van der Waals surface area contributed by atoms with Crippen molar-refractivity contribution < 1.29 is 19.7 Å². The molecule has 2 N–H and O–H groups in total. The predicted octanol–water partition coefficient (Wildman–Crippen LogP) is 2.51. The molecule has 0 atom stereocenters. The van der Waals surface area contributed by atoms with Crippen molar-refractivity contribution in [2.45, 2.75) is 6.42 Å². The molecular weight excluding hydrogens is 459 g/mol. The van der Waals surface area contributed by atoms with E-state index in [0.29, 0.717) is 0 Å². The van der Waals surface area contributed by atoms with Gasteiger partial charge in [0.25, 0.3) is 11.4 Å². The van der Waals surface area contributed by atoms with Crippen LogP contribution >= 0.6 is 22.6 Å². The van der Waals surface area contributed by atoms with Gasteiger partial charge in [-0.25, -0.2) is 5.43 Å². The number of phenolic OH excluding ortho intramolecular Hbond substituents is 1. The van der Waals surface area contributed by atoms with Crippen LogP contribution in [0.5, 0.6) is 5.75 Å². The number of nitrogens with zero attached hydrogens (tertiary/aromatic N) is 3. The van der Waals surface area contributed by atoms with Crippen LogP contribution in [0.1, 0.15) is 11.1 Å². The predicted molar refractivity (Wildman–Crippen MR) is 100 cm³/mol. The van der Waals surface area contributed by atoms with E-state index in [0.717, 1.165) is 12.3 Å². The van der Waals surface area contributed by atoms with Crippen molar-refractivity contribution in [3.8, 4) is 5.75 Å². The first kappa shape index (κ1) is 19.2. The Bertz CT molecular complexity index is 915. The summed E-state index contributed by atoms with van der Waals surface area (Å²) in [4.78, 5) is 32.4. The minimum Gasteiger partial charge on any atom is -0.506 e. The molecule has 0 spiro atoms. The molecule has 2 rings (SSSR count). The molecule has 0 bridgehead atoms. The molecule has 10 nitrogen and oxygen atoms in total. The summed E-state index contributed by atoms with van der Waals surface area (Å²) in [5.41, 5.74) is 2.02. The number of rotatable bonds is 6. The van der Waals surface area contributed by atoms with Gasteiger partial charge < -0.3 is 5.11 Å². The molecule has 0 saturated carbocycles. The van der Waals surface area contributed by atoms with Crippen molar-refractivity contribution in [3.63, 3.8) is 0 Å². The highest BCUT2D eigenvalue weighted by atomic mass is 127. The third-order valence-electron chi connectivity index (χ3n) is 3.22. The van der Waals surface area contributed by atoms with Gasteiger partial charge in [-0.15, -0.1) is 0 Å². The minimum atomic E-state index is -0.619. The van der Waals surface area contributed by atoms with Gasteiger partial charge in [0.2, 0.25) is 5.91 Å². The second kappa shape index (κ2) is 8.33. The SMILES string of the molecule is O=C(Cc1ccccc1[N+](=O)[O-])N/N=C/c1cc([N+](=O)[O-])cc(I)c1O. The third kappa shape index (κ3) is 4.72. The lowest BCUT2D eigenvalue weighted by molar-refractivity contribution is -0.385. The van der Waals surface area contributed by atoms with E-state index in [1.54, 1.807) is 28.7 Å². The maximum Gasteiger partial charge on any atom is 0.273 e. The topological polar surface area (TPSA) is 148 Å². The normalized spacial score (nSPS) is 10.7. The van der Waals surface area contributed by atoms with Crippen LogP contribution < -0.4 is 5.43 Å². The number of non-ortho nitro benzene ring substituents is 1. The summed E-state index contributed by atoms with van der Waals surface area (Å²) in [6.07, 6.45) is 0.786. The zero-order chi connectivity index (χ0) is 19.3. The number of para-hydroxylation sites is 1. The Balaban J connectivity index is 2.11. The summed E-state index contributed by atoms with van der Waals surface area (Å²) >= 11 is 1.73. The van der Waals surface area contributed by atoms with Crippen LogP contribution in [0.15, 0.2) is 41.5 Å². The summed E-state index contributed by atoms with van der Waals surface area (Å²) in [7, 11) is 0. The van der Waals surface area contributed by atoms with Crippen LogP contribution in [0.4, 0.5) is 11.4 Å². The van der Waals surface area contributed by atoms with Gasteiger partial charge >= 0.3 is 0 Å². The van der Waals surface area contributed by atoms with Gasteiger partial charge in [0.15, 0.2) is 0 Å². The number of amides is 1. The molecule has 0 fully saturated rings. The third-order valence-corrected chi connectivity index (χ3v) is 4.04. The van der Waals surface area contributed by atoms with Crippen LogP contribution in [0, 0.1) is 23.8 Å². The molecule has 26 heavy (non-hydrogen) atoms. The average Bonchev–Trinajstić information content (AvgIpc) is 2.58. The van der Waals surface area contributed by atoms with Gasteiger partial charge in [0, 0.05) is 29.3 Å². The lowest BCUT2D eigenvalue weighted by Gasteiger charge is -2.03. The standard InChI is InChI=1S/C15H11IN4O6/c16-12-7-11(19(23)24)5-10(15(12)22)8-17-18-14(21)6-9-3-1-2-4-13(9)20(25)26/h1-5,7-8,22H,6H2,(H,18,21)/b17-8+. The highest BCUT2D eigenvalue weighted by molar-refractivity contribution is 14.1. The summed E-state index contributed by atoms with van der Waals surface area (Å²) in [5.74, 6) is -0.830. The van der Waals surface area contributed by atoms with E-state index in [4.69, 9.17) is 0 Å². The van der Waals surface area contributed by atoms with Crippen LogP contribution in [-0.4, -0.2) is 27.1 Å². The molecule has 2 aromatic rings. The second-order valence-electron chi connectivity index (χ2n) is 4.98. The number of carbonyl (C=O) groups is 1. The molecule has 0 saturated heterocycles. The van der Waals surface area contributed by atoms with Crippen molar-refractivity contribution in [1.29, 1.82) is 0 Å². The van der Waals surface area contributed by atoms with Crippen LogP contribution in [0.25, 0.3) is 0 Å². The smallest absolute Gasteiger partial charge is 0.273 e. The van der Waals surface area contributed by atoms with Crippen molar-refractivity contribution in [3.05, 3.63) is 71.3 Å². The van der Waals surface area contributed by atoms with Crippen molar-refractivity contribution in [2.75, 3.05) is 0 Å². The lowest BCUT2D eigenvalue weighted by atomic mass is 10.1. The summed E-state index contributed by atoms with van der Waals surface area (Å²) in [6, 6.07) is 8.10. The van der Waals surface area contributed by atoms with E-state index in [1.165, 1.54) is 24.3 Å². The molecule has 0 aliphatic rings. The number of phenols is 1. The first-order valence-corrected chi connectivity index (χ1v) is 8.08. The number of hydrogen-bond acceptors (Lipinski definition) is 7. The Labute approximate surface area is 160 Å². The maximum atomic E-state index is 11.9. The van der Waals surface area contributed by atoms with E-state index >= 15 is 0 Å². The molecule has 0 heterocycles. The van der Waals surface area contributed by atoms with E-state index in [9.17, 15) is 30.1 Å². The zero-order valence-corrected chi connectivity index (χ0v) is 15.1. The van der Waals surface area contributed by atoms with E-state index < -0.39 is 15.8 Å². The summed E-state index contributed by atoms with van der Waals surface area (Å²) in [5, 5.41) is 35.3. The van der Waals surface area contributed by atoms with E-state index in [2.05, 4.69) is 10.5 Å². The molecular formula is C15H11IN4O6. The molecule has 0 aliphatic carbocycles. The van der Waals surface area contributed by atoms with Gasteiger partial charge in [-0.1, -0.05) is 18.2 Å². The number of hydrogen-bond donors (Lipinski definition) is 2. The van der Waals surface area contributed by atoms with Crippen LogP contribution in [-0.2, 0) is 11.2 Å². The summed E-state index contributed by atoms with van der Waals surface area (Å²) < 4.78 is 0.254. The van der Waals surface area contributed by atoms with Crippen LogP contribution in [0.3, 0.4) is 0 Å². The molecule has 134 valence electrons. The highest BCUT2D eigenvalue weighted by Gasteiger charge is 2.16. The molecule has 0 aliphatic heterocycles. The molecule has 0 aromatic heterocycles. The van der Waals surface area contributed by atoms with Gasteiger partial charge in [-0.3, -0.25) is 25.0 Å². The molecule has 11 heteroatoms. The molecule has 2 aromatic carbocycles. The molecule has 0 unspecified atom stereocenters. The number of nitro benzene ring substituents is 2. The largest absolute Gasteiger partial charge is 0.506 e. The van der Waals surface area contributed by atoms with Gasteiger partial charge in [0.1, 0.15) is 5.75 Å². The van der Waals surface area contributed by atoms with E-state index in [-0.39, 0.29) is 38.2 Å². The highest BCUT2D eigenvalue weighted by Crippen LogP contribution is 2.28. The van der Waals surface area contributed by atoms with Crippen molar-refractivity contribution >= 4 is 46.1 Å². The van der Waals surface area contributed by atoms with Crippen molar-refractivity contribution in [1.82, 2.24) is 5.43 Å². The van der Waals surface area contributed by atoms with Gasteiger partial charge in [0.05, 0.1) is 26.1 Å². The Morgan fingerprint density at radius 3 is 2.58 bits per heavy atom. The number of halogens is 1. The first-order valence-electron chi connectivity index (χ1n) is 7.00. The van der Waals surface area contributed by atoms with Gasteiger partial charge in [-0.2, -0.15) is 5.10 Å². The Hall–Kier alpha value is -3.09. The Kier molecular flexibility index (Phi) is 6.16. The number of benzene rings is 2. The summed E-state index contributed by atoms with van der Waals surface area (Å²) in [6.45, 7) is 0. The Morgan fingerprint density at radius 2 is 1.92 bits per heavy atom. The minimum absolute atomic E-state index is 0.0505. The fourth-order valence-electron chi connectivity index (χ4n) is 2.03. The fourth-order valence-corrected chi connectivity index (χ4v) is 2.66. The number of nitro groups is 2. The lowest BCUT2D eigenvalue weighted by Crippen LogP contribution is -2.20. The monoisotopic (exact) mass is 470 g/mol. The number of nitrogens with one attached hydrogen (secondary N) is 1. The molecule has 1 amide bonds. The van der Waals surface area contributed by atoms with E-state index in [1.807, 2.05) is 0 Å². The number of hydrazone groups is 1. The van der Waals surface area contributed by atoms with Gasteiger partial charge in [-0.05, 0) is 22.6 Å². The number of aromatic hydroxyl groups is 1. The fraction of sp³-hybridized carbons (Fsp3) is 0.0667. The quantitative estimate of drug-likeness (QED) is 0.287. The average molecular weight is 470 g/mol. The first-order chi connectivity index (χ1) is 12.3. The maximum absolute atomic E-state index is 11.9. The van der Waals surface area contributed by atoms with Crippen LogP contribution in [0.2, 0.25) is 0 Å². The zero-order valence-electron chi connectivity index (χ0n) is 13.0. The van der Waals surface area contributed by atoms with Crippen molar-refractivity contribution in [2.24, 2.45) is 5.10 Å². The second-order valence-corrected chi connectivity index (χ2v) is 6.14. The Morgan fingerprint density at radius 1 is 1.23 bits per heavy atom. The molecule has 0 radical (unpaired) electrons.